The molecule has 3 nitrogen and oxygen atoms in total. The molecule has 1 aliphatic rings. The first-order valence-electron chi connectivity index (χ1n) is 8.03. The van der Waals surface area contributed by atoms with Crippen LogP contribution >= 0.6 is 0 Å². The molecule has 1 aliphatic heterocycles. The molecular formula is C19H27NO2. The van der Waals surface area contributed by atoms with Crippen LogP contribution in [0.1, 0.15) is 51.2 Å². The van der Waals surface area contributed by atoms with Crippen LogP contribution in [0.3, 0.4) is 0 Å². The maximum atomic E-state index is 12.5. The lowest BCUT2D eigenvalue weighted by Gasteiger charge is -2.38. The first kappa shape index (κ1) is 16.6. The SMILES string of the molecule is C=C(c1ccc(C)cc1)C1CCCCN1C(=O)OC(C)(C)C. The summed E-state index contributed by atoms with van der Waals surface area (Å²) < 4.78 is 5.56. The first-order valence-corrected chi connectivity index (χ1v) is 8.03. The smallest absolute Gasteiger partial charge is 0.410 e. The van der Waals surface area contributed by atoms with E-state index < -0.39 is 5.60 Å². The topological polar surface area (TPSA) is 29.5 Å². The van der Waals surface area contributed by atoms with Crippen LogP contribution in [-0.4, -0.2) is 29.2 Å². The van der Waals surface area contributed by atoms with Crippen LogP contribution in [0.25, 0.3) is 5.57 Å². The van der Waals surface area contributed by atoms with Gasteiger partial charge in [-0.25, -0.2) is 4.79 Å². The van der Waals surface area contributed by atoms with Crippen LogP contribution in [-0.2, 0) is 4.74 Å². The number of aryl methyl sites for hydroxylation is 1. The molecule has 1 fully saturated rings. The third kappa shape index (κ3) is 4.12. The van der Waals surface area contributed by atoms with Crippen molar-refractivity contribution in [3.63, 3.8) is 0 Å². The molecular weight excluding hydrogens is 274 g/mol. The van der Waals surface area contributed by atoms with Crippen molar-refractivity contribution in [1.82, 2.24) is 4.90 Å². The maximum Gasteiger partial charge on any atom is 0.410 e. The monoisotopic (exact) mass is 301 g/mol. The first-order chi connectivity index (χ1) is 10.3. The minimum Gasteiger partial charge on any atom is -0.444 e. The van der Waals surface area contributed by atoms with Crippen LogP contribution in [0.15, 0.2) is 30.8 Å². The quantitative estimate of drug-likeness (QED) is 0.785. The van der Waals surface area contributed by atoms with Crippen LogP contribution in [0.4, 0.5) is 4.79 Å². The molecule has 3 heteroatoms. The molecule has 1 aromatic carbocycles. The van der Waals surface area contributed by atoms with Gasteiger partial charge in [0.15, 0.2) is 0 Å². The number of carbonyl (C=O) groups is 1. The molecule has 2 rings (SSSR count). The van der Waals surface area contributed by atoms with Crippen LogP contribution in [0.5, 0.6) is 0 Å². The van der Waals surface area contributed by atoms with Crippen LogP contribution in [0.2, 0.25) is 0 Å². The zero-order valence-corrected chi connectivity index (χ0v) is 14.2. The van der Waals surface area contributed by atoms with E-state index >= 15 is 0 Å². The Hall–Kier alpha value is -1.77. The summed E-state index contributed by atoms with van der Waals surface area (Å²) in [7, 11) is 0. The molecule has 0 bridgehead atoms. The number of hydrogen-bond donors (Lipinski definition) is 0. The Morgan fingerprint density at radius 2 is 1.86 bits per heavy atom. The number of carbonyl (C=O) groups excluding carboxylic acids is 1. The van der Waals surface area contributed by atoms with E-state index in [1.165, 1.54) is 5.56 Å². The largest absolute Gasteiger partial charge is 0.444 e. The van der Waals surface area contributed by atoms with Crippen molar-refractivity contribution in [2.75, 3.05) is 6.54 Å². The van der Waals surface area contributed by atoms with Crippen molar-refractivity contribution in [2.24, 2.45) is 0 Å². The van der Waals surface area contributed by atoms with Gasteiger partial charge in [-0.3, -0.25) is 0 Å². The summed E-state index contributed by atoms with van der Waals surface area (Å²) in [6.07, 6.45) is 2.86. The Kier molecular flexibility index (Phi) is 4.94. The molecule has 0 spiro atoms. The Morgan fingerprint density at radius 3 is 2.45 bits per heavy atom. The molecule has 1 heterocycles. The van der Waals surface area contributed by atoms with Crippen molar-refractivity contribution < 1.29 is 9.53 Å². The average Bonchev–Trinajstić information content (AvgIpc) is 2.45. The molecule has 1 aromatic rings. The van der Waals surface area contributed by atoms with Gasteiger partial charge in [0.05, 0.1) is 6.04 Å². The minimum absolute atomic E-state index is 0.0336. The summed E-state index contributed by atoms with van der Waals surface area (Å²) >= 11 is 0. The Morgan fingerprint density at radius 1 is 1.23 bits per heavy atom. The molecule has 1 saturated heterocycles. The molecule has 22 heavy (non-hydrogen) atoms. The summed E-state index contributed by atoms with van der Waals surface area (Å²) in [4.78, 5) is 14.3. The molecule has 0 N–H and O–H groups in total. The van der Waals surface area contributed by atoms with Crippen molar-refractivity contribution in [3.05, 3.63) is 42.0 Å². The molecule has 0 aromatic heterocycles. The van der Waals surface area contributed by atoms with Crippen molar-refractivity contribution >= 4 is 11.7 Å². The number of likely N-dealkylation sites (tertiary alicyclic amines) is 1. The fraction of sp³-hybridized carbons (Fsp3) is 0.526. The van der Waals surface area contributed by atoms with Gasteiger partial charge < -0.3 is 9.64 Å². The lowest BCUT2D eigenvalue weighted by Crippen LogP contribution is -2.46. The second-order valence-corrected chi connectivity index (χ2v) is 7.08. The van der Waals surface area contributed by atoms with Gasteiger partial charge >= 0.3 is 6.09 Å². The van der Waals surface area contributed by atoms with Gasteiger partial charge in [0.1, 0.15) is 5.60 Å². The van der Waals surface area contributed by atoms with Gasteiger partial charge in [-0.1, -0.05) is 36.4 Å². The average molecular weight is 301 g/mol. The van der Waals surface area contributed by atoms with E-state index in [0.717, 1.165) is 36.9 Å². The Balaban J connectivity index is 2.17. The highest BCUT2D eigenvalue weighted by molar-refractivity contribution is 5.75. The number of amides is 1. The minimum atomic E-state index is -0.468. The third-order valence-electron chi connectivity index (χ3n) is 3.96. The van der Waals surface area contributed by atoms with Crippen molar-refractivity contribution in [1.29, 1.82) is 0 Å². The molecule has 0 aliphatic carbocycles. The standard InChI is InChI=1S/C19H27NO2/c1-14-9-11-16(12-10-14)15(2)17-8-6-7-13-20(17)18(21)22-19(3,4)5/h9-12,17H,2,6-8,13H2,1,3-5H3. The lowest BCUT2D eigenvalue weighted by molar-refractivity contribution is 0.0159. The number of rotatable bonds is 2. The van der Waals surface area contributed by atoms with Gasteiger partial charge in [0, 0.05) is 6.54 Å². The predicted molar refractivity (Wildman–Crippen MR) is 90.8 cm³/mol. The summed E-state index contributed by atoms with van der Waals surface area (Å²) in [6, 6.07) is 8.37. The summed E-state index contributed by atoms with van der Waals surface area (Å²) in [5.41, 5.74) is 2.87. The number of benzene rings is 1. The maximum absolute atomic E-state index is 12.5. The number of piperidine rings is 1. The fourth-order valence-corrected chi connectivity index (χ4v) is 2.79. The van der Waals surface area contributed by atoms with E-state index in [1.54, 1.807) is 0 Å². The van der Waals surface area contributed by atoms with Crippen LogP contribution < -0.4 is 0 Å². The molecule has 0 saturated carbocycles. The Labute approximate surface area is 134 Å². The summed E-state index contributed by atoms with van der Waals surface area (Å²) in [5, 5.41) is 0. The van der Waals surface area contributed by atoms with Gasteiger partial charge in [-0.2, -0.15) is 0 Å². The van der Waals surface area contributed by atoms with E-state index in [4.69, 9.17) is 4.74 Å². The highest BCUT2D eigenvalue weighted by Gasteiger charge is 2.32. The van der Waals surface area contributed by atoms with E-state index in [2.05, 4.69) is 37.8 Å². The predicted octanol–water partition coefficient (Wildman–Crippen LogP) is 4.80. The zero-order valence-electron chi connectivity index (χ0n) is 14.2. The normalized spacial score (nSPS) is 18.9. The fourth-order valence-electron chi connectivity index (χ4n) is 2.79. The van der Waals surface area contributed by atoms with Crippen molar-refractivity contribution in [3.8, 4) is 0 Å². The third-order valence-corrected chi connectivity index (χ3v) is 3.96. The number of nitrogens with zero attached hydrogens (tertiary/aromatic N) is 1. The van der Waals surface area contributed by atoms with Crippen molar-refractivity contribution in [2.45, 2.75) is 58.6 Å². The zero-order chi connectivity index (χ0) is 16.3. The number of hydrogen-bond acceptors (Lipinski definition) is 2. The van der Waals surface area contributed by atoms with E-state index in [-0.39, 0.29) is 12.1 Å². The number of ether oxygens (including phenoxy) is 1. The van der Waals surface area contributed by atoms with Crippen LogP contribution in [0, 0.1) is 6.92 Å². The molecule has 1 atom stereocenters. The second kappa shape index (κ2) is 6.55. The van der Waals surface area contributed by atoms with Gasteiger partial charge in [-0.15, -0.1) is 0 Å². The summed E-state index contributed by atoms with van der Waals surface area (Å²) in [6.45, 7) is 12.8. The van der Waals surface area contributed by atoms with E-state index in [0.29, 0.717) is 0 Å². The highest BCUT2D eigenvalue weighted by Crippen LogP contribution is 2.30. The highest BCUT2D eigenvalue weighted by atomic mass is 16.6. The molecule has 0 radical (unpaired) electrons. The Bertz CT molecular complexity index is 540. The second-order valence-electron chi connectivity index (χ2n) is 7.08. The van der Waals surface area contributed by atoms with Gasteiger partial charge in [-0.05, 0) is 58.1 Å². The molecule has 1 amide bonds. The molecule has 120 valence electrons. The van der Waals surface area contributed by atoms with E-state index in [1.807, 2.05) is 25.7 Å². The van der Waals surface area contributed by atoms with Gasteiger partial charge in [0.2, 0.25) is 0 Å². The molecule has 1 unspecified atom stereocenters. The lowest BCUT2D eigenvalue weighted by atomic mass is 9.91. The van der Waals surface area contributed by atoms with Gasteiger partial charge in [0.25, 0.3) is 0 Å². The van der Waals surface area contributed by atoms with E-state index in [9.17, 15) is 4.79 Å². The summed E-state index contributed by atoms with van der Waals surface area (Å²) in [5.74, 6) is 0.